The second-order valence-electron chi connectivity index (χ2n) is 6.15. The van der Waals surface area contributed by atoms with Gasteiger partial charge in [-0.05, 0) is 53.0 Å². The number of phosphoric ester groups is 1. The van der Waals surface area contributed by atoms with E-state index in [0.717, 1.165) is 6.42 Å². The summed E-state index contributed by atoms with van der Waals surface area (Å²) in [5, 5.41) is 14.2. The smallest absolute Gasteiger partial charge is 0.406 e. The Balaban J connectivity index is 2.40. The quantitative estimate of drug-likeness (QED) is 0.683. The topological polar surface area (TPSA) is 94.1 Å². The van der Waals surface area contributed by atoms with E-state index in [9.17, 15) is 14.5 Å². The Bertz CT molecular complexity index is 540. The van der Waals surface area contributed by atoms with Gasteiger partial charge >= 0.3 is 7.82 Å². The zero-order chi connectivity index (χ0) is 17.3. The SMILES string of the molecule is CCOP(=O)(OCC)OC1=CC(C)(C(C)=O)N[C@H]2CCC[C@]12O. The van der Waals surface area contributed by atoms with Gasteiger partial charge in [0, 0.05) is 6.04 Å². The fourth-order valence-corrected chi connectivity index (χ4v) is 4.37. The van der Waals surface area contributed by atoms with Gasteiger partial charge in [-0.3, -0.25) is 19.2 Å². The molecule has 0 aromatic rings. The highest BCUT2D eigenvalue weighted by atomic mass is 31.2. The minimum Gasteiger partial charge on any atom is -0.406 e. The highest BCUT2D eigenvalue weighted by molar-refractivity contribution is 7.48. The summed E-state index contributed by atoms with van der Waals surface area (Å²) >= 11 is 0. The lowest BCUT2D eigenvalue weighted by molar-refractivity contribution is -0.122. The van der Waals surface area contributed by atoms with Crippen LogP contribution in [-0.2, 0) is 22.9 Å². The fourth-order valence-electron chi connectivity index (χ4n) is 3.10. The molecule has 0 radical (unpaired) electrons. The number of hydrogen-bond acceptors (Lipinski definition) is 7. The predicted molar refractivity (Wildman–Crippen MR) is 84.8 cm³/mol. The Hall–Kier alpha value is -0.720. The molecule has 8 heteroatoms. The molecule has 0 aromatic heterocycles. The third kappa shape index (κ3) is 3.54. The lowest BCUT2D eigenvalue weighted by atomic mass is 9.82. The highest BCUT2D eigenvalue weighted by Crippen LogP contribution is 2.55. The van der Waals surface area contributed by atoms with Crippen LogP contribution in [0.2, 0.25) is 0 Å². The monoisotopic (exact) mass is 347 g/mol. The number of aliphatic hydroxyl groups is 1. The molecular weight excluding hydrogens is 321 g/mol. The molecule has 2 aliphatic rings. The van der Waals surface area contributed by atoms with E-state index in [0.29, 0.717) is 12.8 Å². The Labute approximate surface area is 137 Å². The largest absolute Gasteiger partial charge is 0.529 e. The van der Waals surface area contributed by atoms with Crippen LogP contribution in [0.3, 0.4) is 0 Å². The van der Waals surface area contributed by atoms with Crippen LogP contribution in [0.25, 0.3) is 0 Å². The first-order chi connectivity index (χ1) is 10.7. The maximum atomic E-state index is 12.7. The molecule has 0 amide bonds. The summed E-state index contributed by atoms with van der Waals surface area (Å²) < 4.78 is 28.5. The average Bonchev–Trinajstić information content (AvgIpc) is 2.81. The molecule has 2 rings (SSSR count). The molecule has 7 nitrogen and oxygen atoms in total. The molecule has 0 saturated heterocycles. The maximum absolute atomic E-state index is 12.7. The van der Waals surface area contributed by atoms with Gasteiger partial charge in [0.1, 0.15) is 11.4 Å². The van der Waals surface area contributed by atoms with Crippen LogP contribution in [0, 0.1) is 0 Å². The second kappa shape index (κ2) is 6.65. The Morgan fingerprint density at radius 2 is 2.04 bits per heavy atom. The van der Waals surface area contributed by atoms with Crippen molar-refractivity contribution in [3.8, 4) is 0 Å². The molecule has 2 N–H and O–H groups in total. The van der Waals surface area contributed by atoms with Crippen LogP contribution in [0.15, 0.2) is 11.8 Å². The lowest BCUT2D eigenvalue weighted by Crippen LogP contribution is -2.62. The molecule has 0 spiro atoms. The van der Waals surface area contributed by atoms with Crippen molar-refractivity contribution in [1.82, 2.24) is 5.32 Å². The minimum absolute atomic E-state index is 0.0988. The van der Waals surface area contributed by atoms with Crippen molar-refractivity contribution in [2.24, 2.45) is 0 Å². The summed E-state index contributed by atoms with van der Waals surface area (Å²) in [4.78, 5) is 12.0. The van der Waals surface area contributed by atoms with Gasteiger partial charge < -0.3 is 9.63 Å². The van der Waals surface area contributed by atoms with Gasteiger partial charge in [-0.2, -0.15) is 0 Å². The standard InChI is InChI=1S/C15H26NO6P/c1-5-20-23(19,21-6-2)22-13-10-14(4,11(3)17)16-12-8-7-9-15(12,13)18/h10,12,16,18H,5-9H2,1-4H3/t12-,14?,15+/m0/s1. The summed E-state index contributed by atoms with van der Waals surface area (Å²) in [5.74, 6) is -0.0168. The molecule has 1 heterocycles. The first kappa shape index (κ1) is 18.6. The number of hydrogen-bond donors (Lipinski definition) is 2. The highest BCUT2D eigenvalue weighted by Gasteiger charge is 2.54. The number of carbonyl (C=O) groups excluding carboxylic acids is 1. The molecule has 1 unspecified atom stereocenters. The van der Waals surface area contributed by atoms with Crippen LogP contribution < -0.4 is 5.32 Å². The van der Waals surface area contributed by atoms with Crippen molar-refractivity contribution in [2.45, 2.75) is 64.1 Å². The zero-order valence-electron chi connectivity index (χ0n) is 14.1. The molecule has 1 aliphatic heterocycles. The zero-order valence-corrected chi connectivity index (χ0v) is 15.0. The Morgan fingerprint density at radius 1 is 1.43 bits per heavy atom. The molecular formula is C15H26NO6P. The summed E-state index contributed by atoms with van der Waals surface area (Å²) in [6.45, 7) is 6.83. The molecule has 23 heavy (non-hydrogen) atoms. The van der Waals surface area contributed by atoms with E-state index >= 15 is 0 Å². The van der Waals surface area contributed by atoms with Crippen LogP contribution >= 0.6 is 7.82 Å². The lowest BCUT2D eigenvalue weighted by Gasteiger charge is -2.43. The molecule has 1 aliphatic carbocycles. The summed E-state index contributed by atoms with van der Waals surface area (Å²) in [6.07, 6.45) is 3.44. The molecule has 1 fully saturated rings. The number of nitrogens with one attached hydrogen (secondary N) is 1. The van der Waals surface area contributed by atoms with Gasteiger partial charge in [0.15, 0.2) is 5.78 Å². The second-order valence-corrected chi connectivity index (χ2v) is 7.75. The van der Waals surface area contributed by atoms with Crippen molar-refractivity contribution in [3.63, 3.8) is 0 Å². The first-order valence-corrected chi connectivity index (χ1v) is 9.48. The van der Waals surface area contributed by atoms with Crippen LogP contribution in [-0.4, -0.2) is 41.3 Å². The first-order valence-electron chi connectivity index (χ1n) is 8.02. The number of fused-ring (bicyclic) bond motifs is 1. The van der Waals surface area contributed by atoms with Gasteiger partial charge in [0.05, 0.1) is 18.8 Å². The molecule has 0 aromatic carbocycles. The normalized spacial score (nSPS) is 34.0. The number of Topliss-reactive ketones (excluding diaryl/α,β-unsaturated/α-hetero) is 1. The minimum atomic E-state index is -3.83. The van der Waals surface area contributed by atoms with Gasteiger partial charge in [-0.25, -0.2) is 4.57 Å². The molecule has 132 valence electrons. The average molecular weight is 347 g/mol. The van der Waals surface area contributed by atoms with E-state index in [1.165, 1.54) is 13.0 Å². The number of ketones is 1. The van der Waals surface area contributed by atoms with Crippen molar-refractivity contribution >= 4 is 13.6 Å². The van der Waals surface area contributed by atoms with Crippen LogP contribution in [0.1, 0.15) is 47.0 Å². The summed E-state index contributed by atoms with van der Waals surface area (Å²) in [5.41, 5.74) is -2.29. The van der Waals surface area contributed by atoms with E-state index in [-0.39, 0.29) is 30.8 Å². The third-order valence-electron chi connectivity index (χ3n) is 4.46. The van der Waals surface area contributed by atoms with Crippen molar-refractivity contribution in [1.29, 1.82) is 0 Å². The molecule has 3 atom stereocenters. The number of carbonyl (C=O) groups is 1. The van der Waals surface area contributed by atoms with Crippen molar-refractivity contribution in [3.05, 3.63) is 11.8 Å². The van der Waals surface area contributed by atoms with Crippen molar-refractivity contribution < 1.29 is 28.0 Å². The fraction of sp³-hybridized carbons (Fsp3) is 0.800. The van der Waals surface area contributed by atoms with E-state index in [2.05, 4.69) is 5.32 Å². The molecule has 0 bridgehead atoms. The van der Waals surface area contributed by atoms with Gasteiger partial charge in [0.2, 0.25) is 0 Å². The van der Waals surface area contributed by atoms with Gasteiger partial charge in [-0.15, -0.1) is 0 Å². The summed E-state index contributed by atoms with van der Waals surface area (Å²) in [6, 6.07) is -0.340. The van der Waals surface area contributed by atoms with Gasteiger partial charge in [-0.1, -0.05) is 0 Å². The van der Waals surface area contributed by atoms with E-state index < -0.39 is 19.0 Å². The molecule has 1 saturated carbocycles. The van der Waals surface area contributed by atoms with Gasteiger partial charge in [0.25, 0.3) is 0 Å². The Morgan fingerprint density at radius 3 is 2.57 bits per heavy atom. The number of rotatable bonds is 7. The third-order valence-corrected chi connectivity index (χ3v) is 6.03. The summed E-state index contributed by atoms with van der Waals surface area (Å²) in [7, 11) is -3.83. The van der Waals surface area contributed by atoms with E-state index in [4.69, 9.17) is 13.6 Å². The Kier molecular flexibility index (Phi) is 5.38. The van der Waals surface area contributed by atoms with Crippen LogP contribution in [0.4, 0.5) is 0 Å². The predicted octanol–water partition coefficient (Wildman–Crippen LogP) is 2.30. The van der Waals surface area contributed by atoms with E-state index in [1.54, 1.807) is 20.8 Å². The maximum Gasteiger partial charge on any atom is 0.529 e. The number of phosphoric acid groups is 1. The van der Waals surface area contributed by atoms with Crippen molar-refractivity contribution in [2.75, 3.05) is 13.2 Å². The van der Waals surface area contributed by atoms with Crippen LogP contribution in [0.5, 0.6) is 0 Å². The van der Waals surface area contributed by atoms with E-state index in [1.807, 2.05) is 0 Å².